The standard InChI is InChI=1S/C21H27N3O3.C2H6/c1-24(27-15-5-7-26-8-6-15)21(25)14-9-17-16-3-2-4-18-20(16)13(11-22-18)10-19(17)23-12-14;1-2/h2-4,9,13-15,19,22-23H,5-8,10-12H2,1H3;1-2H3/p+1/t13?,14-,19-;/m1./s1. The average Bonchev–Trinajstić information content (AvgIpc) is 3.19. The molecule has 1 fully saturated rings. The van der Waals surface area contributed by atoms with Gasteiger partial charge in [0.2, 0.25) is 0 Å². The zero-order valence-electron chi connectivity index (χ0n) is 17.8. The van der Waals surface area contributed by atoms with E-state index in [-0.39, 0.29) is 17.9 Å². The molecule has 0 radical (unpaired) electrons. The topological polar surface area (TPSA) is 67.4 Å². The number of nitrogens with two attached hydrogens (primary N) is 1. The molecular formula is C23H34N3O3+. The number of carbonyl (C=O) groups is 1. The Balaban J connectivity index is 0.000000994. The van der Waals surface area contributed by atoms with Crippen molar-refractivity contribution in [3.63, 3.8) is 0 Å². The number of hydrogen-bond donors (Lipinski definition) is 2. The summed E-state index contributed by atoms with van der Waals surface area (Å²) in [6.07, 6.45) is 5.14. The van der Waals surface area contributed by atoms with Gasteiger partial charge in [-0.25, -0.2) is 5.06 Å². The third-order valence-electron chi connectivity index (χ3n) is 6.46. The van der Waals surface area contributed by atoms with Gasteiger partial charge in [0.1, 0.15) is 12.0 Å². The second-order valence-electron chi connectivity index (χ2n) is 8.14. The molecule has 4 aliphatic rings. The van der Waals surface area contributed by atoms with Crippen LogP contribution in [-0.4, -0.2) is 56.5 Å². The maximum atomic E-state index is 13.0. The molecule has 158 valence electrons. The molecule has 0 spiro atoms. The van der Waals surface area contributed by atoms with Crippen molar-refractivity contribution < 1.29 is 19.7 Å². The third-order valence-corrected chi connectivity index (χ3v) is 6.46. The van der Waals surface area contributed by atoms with Crippen LogP contribution in [0.1, 0.15) is 50.2 Å². The number of quaternary nitrogens is 1. The van der Waals surface area contributed by atoms with Crippen LogP contribution >= 0.6 is 0 Å². The Kier molecular flexibility index (Phi) is 6.23. The lowest BCUT2D eigenvalue weighted by Gasteiger charge is -2.35. The summed E-state index contributed by atoms with van der Waals surface area (Å²) in [6.45, 7) is 7.26. The van der Waals surface area contributed by atoms with E-state index in [2.05, 4.69) is 34.9 Å². The van der Waals surface area contributed by atoms with Crippen LogP contribution < -0.4 is 10.6 Å². The number of amides is 1. The molecule has 1 aliphatic carbocycles. The summed E-state index contributed by atoms with van der Waals surface area (Å²) in [4.78, 5) is 18.9. The van der Waals surface area contributed by atoms with E-state index in [9.17, 15) is 4.79 Å². The van der Waals surface area contributed by atoms with E-state index >= 15 is 0 Å². The van der Waals surface area contributed by atoms with Crippen molar-refractivity contribution in [2.75, 3.05) is 38.7 Å². The molecule has 5 rings (SSSR count). The predicted octanol–water partition coefficient (Wildman–Crippen LogP) is 2.14. The molecule has 6 heteroatoms. The second kappa shape index (κ2) is 8.86. The summed E-state index contributed by atoms with van der Waals surface area (Å²) in [5.74, 6) is 0.515. The highest BCUT2D eigenvalue weighted by Crippen LogP contribution is 2.45. The number of nitrogens with one attached hydrogen (secondary N) is 1. The fourth-order valence-corrected chi connectivity index (χ4v) is 5.08. The van der Waals surface area contributed by atoms with Gasteiger partial charge in [0.25, 0.3) is 5.91 Å². The van der Waals surface area contributed by atoms with E-state index in [1.54, 1.807) is 7.05 Å². The number of anilines is 1. The summed E-state index contributed by atoms with van der Waals surface area (Å²) in [6, 6.07) is 6.98. The molecule has 1 aromatic rings. The van der Waals surface area contributed by atoms with E-state index in [1.807, 2.05) is 13.8 Å². The molecular weight excluding hydrogens is 366 g/mol. The average molecular weight is 401 g/mol. The van der Waals surface area contributed by atoms with Crippen LogP contribution in [0.5, 0.6) is 0 Å². The minimum atomic E-state index is -0.136. The summed E-state index contributed by atoms with van der Waals surface area (Å²) < 4.78 is 5.37. The van der Waals surface area contributed by atoms with Gasteiger partial charge in [-0.2, -0.15) is 0 Å². The van der Waals surface area contributed by atoms with E-state index in [0.29, 0.717) is 25.2 Å². The van der Waals surface area contributed by atoms with Crippen LogP contribution in [-0.2, 0) is 14.4 Å². The highest BCUT2D eigenvalue weighted by molar-refractivity contribution is 5.86. The number of nitrogens with zero attached hydrogens (tertiary/aromatic N) is 1. The van der Waals surface area contributed by atoms with Crippen molar-refractivity contribution in [2.45, 2.75) is 51.2 Å². The lowest BCUT2D eigenvalue weighted by Crippen LogP contribution is -2.93. The molecule has 3 aliphatic heterocycles. The van der Waals surface area contributed by atoms with Crippen LogP contribution in [0.3, 0.4) is 0 Å². The number of benzene rings is 1. The normalized spacial score (nSPS) is 27.6. The molecule has 1 aromatic carbocycles. The van der Waals surface area contributed by atoms with Crippen LogP contribution in [0.4, 0.5) is 5.69 Å². The Bertz CT molecular complexity index is 773. The van der Waals surface area contributed by atoms with Gasteiger partial charge in [-0.15, -0.1) is 0 Å². The van der Waals surface area contributed by atoms with Crippen LogP contribution in [0.2, 0.25) is 0 Å². The van der Waals surface area contributed by atoms with E-state index in [0.717, 1.165) is 32.4 Å². The van der Waals surface area contributed by atoms with Crippen molar-refractivity contribution in [2.24, 2.45) is 5.92 Å². The lowest BCUT2D eigenvalue weighted by molar-refractivity contribution is -0.682. The van der Waals surface area contributed by atoms with Gasteiger partial charge in [-0.05, 0) is 30.0 Å². The van der Waals surface area contributed by atoms with Crippen LogP contribution in [0.25, 0.3) is 5.57 Å². The molecule has 0 aromatic heterocycles. The van der Waals surface area contributed by atoms with Gasteiger partial charge in [0.05, 0.1) is 12.6 Å². The van der Waals surface area contributed by atoms with E-state index in [1.165, 1.54) is 27.5 Å². The number of hydrogen-bond acceptors (Lipinski definition) is 4. The Hall–Kier alpha value is -1.89. The molecule has 1 saturated heterocycles. The smallest absolute Gasteiger partial charge is 0.258 e. The van der Waals surface area contributed by atoms with Crippen molar-refractivity contribution >= 4 is 17.2 Å². The molecule has 1 amide bonds. The minimum Gasteiger partial charge on any atom is -0.384 e. The van der Waals surface area contributed by atoms with Crippen molar-refractivity contribution in [1.82, 2.24) is 5.06 Å². The summed E-state index contributed by atoms with van der Waals surface area (Å²) in [7, 11) is 1.75. The predicted molar refractivity (Wildman–Crippen MR) is 113 cm³/mol. The maximum absolute atomic E-state index is 13.0. The van der Waals surface area contributed by atoms with E-state index in [4.69, 9.17) is 9.57 Å². The number of ether oxygens (including phenoxy) is 1. The first-order valence-electron chi connectivity index (χ1n) is 11.1. The quantitative estimate of drug-likeness (QED) is 0.763. The Morgan fingerprint density at radius 2 is 2.07 bits per heavy atom. The summed E-state index contributed by atoms with van der Waals surface area (Å²) >= 11 is 0. The van der Waals surface area contributed by atoms with Gasteiger partial charge >= 0.3 is 0 Å². The fourth-order valence-electron chi connectivity index (χ4n) is 5.08. The van der Waals surface area contributed by atoms with Crippen LogP contribution in [0.15, 0.2) is 24.3 Å². The molecule has 29 heavy (non-hydrogen) atoms. The molecule has 6 nitrogen and oxygen atoms in total. The number of hydroxylamine groups is 2. The molecule has 3 atom stereocenters. The number of carbonyl (C=O) groups excluding carboxylic acids is 1. The van der Waals surface area contributed by atoms with Gasteiger partial charge < -0.3 is 15.4 Å². The Morgan fingerprint density at radius 1 is 1.28 bits per heavy atom. The van der Waals surface area contributed by atoms with Crippen molar-refractivity contribution in [1.29, 1.82) is 0 Å². The van der Waals surface area contributed by atoms with Crippen LogP contribution in [0, 0.1) is 5.92 Å². The second-order valence-corrected chi connectivity index (χ2v) is 8.14. The zero-order valence-corrected chi connectivity index (χ0v) is 17.8. The van der Waals surface area contributed by atoms with Gasteiger partial charge in [0, 0.05) is 50.4 Å². The molecule has 1 unspecified atom stereocenters. The minimum absolute atomic E-state index is 0.0523. The first kappa shape index (κ1) is 20.4. The Labute approximate surface area is 173 Å². The van der Waals surface area contributed by atoms with Crippen molar-refractivity contribution in [3.8, 4) is 0 Å². The van der Waals surface area contributed by atoms with Gasteiger partial charge in [0.15, 0.2) is 0 Å². The largest absolute Gasteiger partial charge is 0.384 e. The van der Waals surface area contributed by atoms with Gasteiger partial charge in [-0.3, -0.25) is 9.63 Å². The summed E-state index contributed by atoms with van der Waals surface area (Å²) in [5, 5.41) is 7.36. The highest BCUT2D eigenvalue weighted by atomic mass is 16.7. The third kappa shape index (κ3) is 3.93. The first-order chi connectivity index (χ1) is 14.2. The van der Waals surface area contributed by atoms with Crippen molar-refractivity contribution in [3.05, 3.63) is 35.4 Å². The lowest BCUT2D eigenvalue weighted by atomic mass is 9.75. The molecule has 0 bridgehead atoms. The summed E-state index contributed by atoms with van der Waals surface area (Å²) in [5.41, 5.74) is 5.38. The van der Waals surface area contributed by atoms with E-state index < -0.39 is 0 Å². The number of rotatable bonds is 3. The fraction of sp³-hybridized carbons (Fsp3) is 0.609. The maximum Gasteiger partial charge on any atom is 0.258 e. The Morgan fingerprint density at radius 3 is 2.86 bits per heavy atom. The SMILES string of the molecule is CC.CN(OC1CCOCC1)C(=O)[C@@H]1C=C2c3cccc4c3C(CN4)C[C@H]2[NH2+]C1. The zero-order chi connectivity index (χ0) is 20.4. The molecule has 3 N–H and O–H groups in total. The highest BCUT2D eigenvalue weighted by Gasteiger charge is 2.41. The molecule has 3 heterocycles. The van der Waals surface area contributed by atoms with Gasteiger partial charge in [-0.1, -0.05) is 32.1 Å². The number of fused-ring (bicyclic) bond motifs is 2. The first-order valence-corrected chi connectivity index (χ1v) is 11.1. The monoisotopic (exact) mass is 400 g/mol. The molecule has 0 saturated carbocycles.